The lowest BCUT2D eigenvalue weighted by atomic mass is 10.1. The fourth-order valence-electron chi connectivity index (χ4n) is 2.94. The summed E-state index contributed by atoms with van der Waals surface area (Å²) in [6.45, 7) is 5.59. The standard InChI is InChI=1S/C22H24ClN3O3/c1-3-28-19-9-8-16(14-20(19)29-4-2)10-11-24-21-22(27)26(13-12-25-21)18-7-5-6-17(23)15-18/h5-9,12-15H,3-4,10-11H2,1-2H3,(H,24,25). The van der Waals surface area contributed by atoms with E-state index in [-0.39, 0.29) is 5.56 Å². The first-order chi connectivity index (χ1) is 14.1. The first-order valence-corrected chi connectivity index (χ1v) is 9.96. The van der Waals surface area contributed by atoms with Crippen molar-refractivity contribution in [2.75, 3.05) is 25.1 Å². The van der Waals surface area contributed by atoms with Crippen LogP contribution in [0.5, 0.6) is 11.5 Å². The number of halogens is 1. The van der Waals surface area contributed by atoms with Crippen LogP contribution >= 0.6 is 11.6 Å². The van der Waals surface area contributed by atoms with Crippen LogP contribution < -0.4 is 20.3 Å². The van der Waals surface area contributed by atoms with E-state index in [1.807, 2.05) is 38.1 Å². The Balaban J connectivity index is 1.70. The van der Waals surface area contributed by atoms with Crippen LogP contribution in [0, 0.1) is 0 Å². The number of nitrogens with zero attached hydrogens (tertiary/aromatic N) is 2. The largest absolute Gasteiger partial charge is 0.490 e. The second-order valence-electron chi connectivity index (χ2n) is 6.25. The van der Waals surface area contributed by atoms with Gasteiger partial charge >= 0.3 is 0 Å². The highest BCUT2D eigenvalue weighted by molar-refractivity contribution is 6.30. The van der Waals surface area contributed by atoms with E-state index < -0.39 is 0 Å². The Morgan fingerprint density at radius 3 is 2.62 bits per heavy atom. The van der Waals surface area contributed by atoms with Gasteiger partial charge in [-0.1, -0.05) is 23.7 Å². The highest BCUT2D eigenvalue weighted by Crippen LogP contribution is 2.28. The van der Waals surface area contributed by atoms with Crippen LogP contribution in [-0.2, 0) is 6.42 Å². The van der Waals surface area contributed by atoms with Crippen molar-refractivity contribution in [3.05, 3.63) is 75.8 Å². The Morgan fingerprint density at radius 1 is 1.07 bits per heavy atom. The van der Waals surface area contributed by atoms with E-state index in [9.17, 15) is 4.79 Å². The summed E-state index contributed by atoms with van der Waals surface area (Å²) >= 11 is 6.04. The molecular formula is C22H24ClN3O3. The van der Waals surface area contributed by atoms with Gasteiger partial charge in [-0.3, -0.25) is 9.36 Å². The van der Waals surface area contributed by atoms with Gasteiger partial charge in [0, 0.05) is 24.0 Å². The smallest absolute Gasteiger partial charge is 0.297 e. The van der Waals surface area contributed by atoms with Crippen molar-refractivity contribution in [2.45, 2.75) is 20.3 Å². The summed E-state index contributed by atoms with van der Waals surface area (Å²) in [6, 6.07) is 13.0. The highest BCUT2D eigenvalue weighted by Gasteiger charge is 2.09. The third kappa shape index (κ3) is 5.29. The van der Waals surface area contributed by atoms with Gasteiger partial charge in [0.2, 0.25) is 0 Å². The van der Waals surface area contributed by atoms with E-state index in [0.29, 0.717) is 42.7 Å². The summed E-state index contributed by atoms with van der Waals surface area (Å²) in [5.41, 5.74) is 1.55. The molecule has 29 heavy (non-hydrogen) atoms. The van der Waals surface area contributed by atoms with Crippen LogP contribution in [0.3, 0.4) is 0 Å². The van der Waals surface area contributed by atoms with Crippen molar-refractivity contribution in [1.82, 2.24) is 9.55 Å². The summed E-state index contributed by atoms with van der Waals surface area (Å²) in [6.07, 6.45) is 3.92. The SMILES string of the molecule is CCOc1ccc(CCNc2nccn(-c3cccc(Cl)c3)c2=O)cc1OCC. The second kappa shape index (κ2) is 9.98. The van der Waals surface area contributed by atoms with E-state index in [2.05, 4.69) is 10.3 Å². The molecule has 0 unspecified atom stereocenters. The van der Waals surface area contributed by atoms with Crippen LogP contribution in [0.1, 0.15) is 19.4 Å². The van der Waals surface area contributed by atoms with Gasteiger partial charge in [-0.15, -0.1) is 0 Å². The summed E-state index contributed by atoms with van der Waals surface area (Å²) in [5.74, 6) is 1.76. The van der Waals surface area contributed by atoms with E-state index in [1.165, 1.54) is 4.57 Å². The molecule has 0 bridgehead atoms. The molecule has 0 fully saturated rings. The van der Waals surface area contributed by atoms with Gasteiger partial charge in [-0.25, -0.2) is 4.98 Å². The maximum atomic E-state index is 12.7. The summed E-state index contributed by atoms with van der Waals surface area (Å²) in [4.78, 5) is 16.9. The molecule has 1 aromatic heterocycles. The van der Waals surface area contributed by atoms with Crippen LogP contribution in [0.15, 0.2) is 59.7 Å². The monoisotopic (exact) mass is 413 g/mol. The van der Waals surface area contributed by atoms with Crippen LogP contribution in [-0.4, -0.2) is 29.3 Å². The zero-order valence-electron chi connectivity index (χ0n) is 16.5. The molecule has 3 aromatic rings. The molecule has 0 saturated carbocycles. The molecule has 7 heteroatoms. The highest BCUT2D eigenvalue weighted by atomic mass is 35.5. The average Bonchev–Trinajstić information content (AvgIpc) is 2.71. The predicted octanol–water partition coefficient (Wildman–Crippen LogP) is 4.34. The quantitative estimate of drug-likeness (QED) is 0.565. The van der Waals surface area contributed by atoms with Crippen LogP contribution in [0.2, 0.25) is 5.02 Å². The molecule has 3 rings (SSSR count). The topological polar surface area (TPSA) is 65.4 Å². The van der Waals surface area contributed by atoms with Gasteiger partial charge in [0.25, 0.3) is 5.56 Å². The molecule has 0 aliphatic rings. The molecule has 0 atom stereocenters. The van der Waals surface area contributed by atoms with Crippen LogP contribution in [0.4, 0.5) is 5.82 Å². The van der Waals surface area contributed by atoms with E-state index >= 15 is 0 Å². The number of nitrogens with one attached hydrogen (secondary N) is 1. The lowest BCUT2D eigenvalue weighted by Crippen LogP contribution is -2.24. The number of hydrogen-bond acceptors (Lipinski definition) is 5. The van der Waals surface area contributed by atoms with Crippen molar-refractivity contribution in [2.24, 2.45) is 0 Å². The molecule has 0 amide bonds. The van der Waals surface area contributed by atoms with Gasteiger partial charge in [-0.2, -0.15) is 0 Å². The van der Waals surface area contributed by atoms with Gasteiger partial charge < -0.3 is 14.8 Å². The van der Waals surface area contributed by atoms with Crippen molar-refractivity contribution >= 4 is 17.4 Å². The Kier molecular flexibility index (Phi) is 7.14. The zero-order valence-corrected chi connectivity index (χ0v) is 17.3. The molecule has 1 N–H and O–H groups in total. The lowest BCUT2D eigenvalue weighted by Gasteiger charge is -2.13. The number of benzene rings is 2. The first-order valence-electron chi connectivity index (χ1n) is 9.58. The van der Waals surface area contributed by atoms with E-state index in [1.54, 1.807) is 30.6 Å². The van der Waals surface area contributed by atoms with Gasteiger partial charge in [0.05, 0.1) is 18.9 Å². The number of rotatable bonds is 9. The Hall–Kier alpha value is -2.99. The zero-order chi connectivity index (χ0) is 20.6. The minimum absolute atomic E-state index is 0.225. The second-order valence-corrected chi connectivity index (χ2v) is 6.69. The third-order valence-electron chi connectivity index (χ3n) is 4.24. The molecule has 6 nitrogen and oxygen atoms in total. The Labute approximate surface area is 175 Å². The molecule has 152 valence electrons. The van der Waals surface area contributed by atoms with Gasteiger partial charge in [0.15, 0.2) is 17.3 Å². The fourth-order valence-corrected chi connectivity index (χ4v) is 3.12. The first kappa shape index (κ1) is 20.7. The number of hydrogen-bond donors (Lipinski definition) is 1. The molecule has 0 aliphatic heterocycles. The number of anilines is 1. The maximum Gasteiger partial charge on any atom is 0.297 e. The minimum Gasteiger partial charge on any atom is -0.490 e. The lowest BCUT2D eigenvalue weighted by molar-refractivity contribution is 0.287. The average molecular weight is 414 g/mol. The molecule has 0 spiro atoms. The van der Waals surface area contributed by atoms with Crippen molar-refractivity contribution < 1.29 is 9.47 Å². The third-order valence-corrected chi connectivity index (χ3v) is 4.48. The molecular weight excluding hydrogens is 390 g/mol. The van der Waals surface area contributed by atoms with Gasteiger partial charge in [-0.05, 0) is 56.2 Å². The van der Waals surface area contributed by atoms with E-state index in [0.717, 1.165) is 17.1 Å². The number of aromatic nitrogens is 2. The number of ether oxygens (including phenoxy) is 2. The van der Waals surface area contributed by atoms with Gasteiger partial charge in [0.1, 0.15) is 0 Å². The molecule has 0 aliphatic carbocycles. The normalized spacial score (nSPS) is 10.6. The molecule has 1 heterocycles. The molecule has 2 aromatic carbocycles. The van der Waals surface area contributed by atoms with Crippen molar-refractivity contribution in [3.63, 3.8) is 0 Å². The molecule has 0 radical (unpaired) electrons. The summed E-state index contributed by atoms with van der Waals surface area (Å²) in [5, 5.41) is 3.70. The summed E-state index contributed by atoms with van der Waals surface area (Å²) in [7, 11) is 0. The van der Waals surface area contributed by atoms with E-state index in [4.69, 9.17) is 21.1 Å². The predicted molar refractivity (Wildman–Crippen MR) is 116 cm³/mol. The Morgan fingerprint density at radius 2 is 1.86 bits per heavy atom. The van der Waals surface area contributed by atoms with Crippen molar-refractivity contribution in [1.29, 1.82) is 0 Å². The van der Waals surface area contributed by atoms with Crippen LogP contribution in [0.25, 0.3) is 5.69 Å². The minimum atomic E-state index is -0.225. The van der Waals surface area contributed by atoms with Crippen molar-refractivity contribution in [3.8, 4) is 17.2 Å². The Bertz CT molecular complexity index is 1020. The summed E-state index contributed by atoms with van der Waals surface area (Å²) < 4.78 is 12.8. The maximum absolute atomic E-state index is 12.7. The molecule has 0 saturated heterocycles. The fraction of sp³-hybridized carbons (Fsp3) is 0.273.